The van der Waals surface area contributed by atoms with Crippen LogP contribution in [0.2, 0.25) is 0 Å². The fourth-order valence-electron chi connectivity index (χ4n) is 1.70. The highest BCUT2D eigenvalue weighted by Crippen LogP contribution is 1.97. The molecular formula is C15H23N3O2. The molecule has 0 radical (unpaired) electrons. The monoisotopic (exact) mass is 277 g/mol. The van der Waals surface area contributed by atoms with Crippen molar-refractivity contribution >= 4 is 11.8 Å². The lowest BCUT2D eigenvalue weighted by atomic mass is 10.2. The van der Waals surface area contributed by atoms with Crippen molar-refractivity contribution < 1.29 is 9.59 Å². The molecule has 5 nitrogen and oxygen atoms in total. The second-order valence-electron chi connectivity index (χ2n) is 4.91. The van der Waals surface area contributed by atoms with Crippen LogP contribution in [-0.2, 0) is 4.79 Å². The van der Waals surface area contributed by atoms with Crippen LogP contribution in [0.3, 0.4) is 0 Å². The van der Waals surface area contributed by atoms with Gasteiger partial charge < -0.3 is 15.5 Å². The largest absolute Gasteiger partial charge is 0.355 e. The van der Waals surface area contributed by atoms with E-state index in [1.54, 1.807) is 24.3 Å². The first-order valence-electron chi connectivity index (χ1n) is 6.84. The zero-order chi connectivity index (χ0) is 14.8. The van der Waals surface area contributed by atoms with E-state index in [4.69, 9.17) is 0 Å². The Morgan fingerprint density at radius 1 is 1.05 bits per heavy atom. The topological polar surface area (TPSA) is 61.4 Å². The van der Waals surface area contributed by atoms with Crippen LogP contribution in [0.25, 0.3) is 0 Å². The normalized spacial score (nSPS) is 10.3. The van der Waals surface area contributed by atoms with Gasteiger partial charge in [-0.3, -0.25) is 9.59 Å². The van der Waals surface area contributed by atoms with Gasteiger partial charge in [-0.05, 0) is 45.6 Å². The summed E-state index contributed by atoms with van der Waals surface area (Å²) in [7, 11) is 4.05. The van der Waals surface area contributed by atoms with Crippen LogP contribution in [0.1, 0.15) is 23.2 Å². The summed E-state index contributed by atoms with van der Waals surface area (Å²) in [5, 5.41) is 5.39. The Bertz CT molecular complexity index is 418. The van der Waals surface area contributed by atoms with E-state index in [-0.39, 0.29) is 18.4 Å². The molecule has 0 atom stereocenters. The van der Waals surface area contributed by atoms with Gasteiger partial charge in [0.25, 0.3) is 5.91 Å². The highest BCUT2D eigenvalue weighted by molar-refractivity contribution is 5.96. The molecule has 0 aromatic heterocycles. The lowest BCUT2D eigenvalue weighted by molar-refractivity contribution is -0.120. The number of benzene rings is 1. The number of nitrogens with zero attached hydrogens (tertiary/aromatic N) is 1. The second-order valence-corrected chi connectivity index (χ2v) is 4.91. The van der Waals surface area contributed by atoms with Crippen LogP contribution in [0, 0.1) is 0 Å². The Hall–Kier alpha value is -1.88. The maximum Gasteiger partial charge on any atom is 0.251 e. The molecule has 0 fully saturated rings. The van der Waals surface area contributed by atoms with E-state index >= 15 is 0 Å². The molecule has 20 heavy (non-hydrogen) atoms. The first-order valence-corrected chi connectivity index (χ1v) is 6.84. The fourth-order valence-corrected chi connectivity index (χ4v) is 1.70. The highest BCUT2D eigenvalue weighted by atomic mass is 16.2. The van der Waals surface area contributed by atoms with E-state index in [1.807, 2.05) is 20.2 Å². The summed E-state index contributed by atoms with van der Waals surface area (Å²) >= 11 is 0. The maximum atomic E-state index is 11.7. The molecule has 1 aromatic rings. The van der Waals surface area contributed by atoms with Crippen LogP contribution in [0.5, 0.6) is 0 Å². The third kappa shape index (κ3) is 6.89. The van der Waals surface area contributed by atoms with E-state index in [9.17, 15) is 9.59 Å². The second kappa shape index (κ2) is 9.09. The minimum absolute atomic E-state index is 0.0153. The summed E-state index contributed by atoms with van der Waals surface area (Å²) in [6, 6.07) is 8.86. The van der Waals surface area contributed by atoms with Crippen molar-refractivity contribution in [2.45, 2.75) is 12.8 Å². The van der Waals surface area contributed by atoms with Gasteiger partial charge in [0.1, 0.15) is 0 Å². The van der Waals surface area contributed by atoms with Gasteiger partial charge in [-0.1, -0.05) is 18.2 Å². The quantitative estimate of drug-likeness (QED) is 0.693. The van der Waals surface area contributed by atoms with Gasteiger partial charge in [-0.2, -0.15) is 0 Å². The predicted octanol–water partition coefficient (Wildman–Crippen LogP) is 0.874. The lowest BCUT2D eigenvalue weighted by Gasteiger charge is -2.10. The molecule has 0 aliphatic rings. The summed E-state index contributed by atoms with van der Waals surface area (Å²) in [5.41, 5.74) is 0.561. The van der Waals surface area contributed by atoms with Crippen molar-refractivity contribution in [3.8, 4) is 0 Å². The van der Waals surface area contributed by atoms with Gasteiger partial charge in [-0.15, -0.1) is 0 Å². The first kappa shape index (κ1) is 16.2. The molecule has 2 N–H and O–H groups in total. The van der Waals surface area contributed by atoms with Crippen LogP contribution in [-0.4, -0.2) is 50.4 Å². The Labute approximate surface area is 120 Å². The molecule has 0 aliphatic heterocycles. The molecule has 0 bridgehead atoms. The Kier molecular flexibility index (Phi) is 7.35. The molecule has 0 unspecified atom stereocenters. The van der Waals surface area contributed by atoms with E-state index in [0.29, 0.717) is 12.1 Å². The fraction of sp³-hybridized carbons (Fsp3) is 0.467. The predicted molar refractivity (Wildman–Crippen MR) is 79.6 cm³/mol. The van der Waals surface area contributed by atoms with Crippen LogP contribution in [0.4, 0.5) is 0 Å². The van der Waals surface area contributed by atoms with Gasteiger partial charge in [0.2, 0.25) is 5.91 Å². The van der Waals surface area contributed by atoms with E-state index in [1.165, 1.54) is 0 Å². The average molecular weight is 277 g/mol. The summed E-state index contributed by atoms with van der Waals surface area (Å²) in [6.45, 7) is 1.68. The number of carbonyl (C=O) groups excluding carboxylic acids is 2. The molecule has 5 heteroatoms. The van der Waals surface area contributed by atoms with Gasteiger partial charge in [0, 0.05) is 12.1 Å². The zero-order valence-electron chi connectivity index (χ0n) is 12.2. The van der Waals surface area contributed by atoms with Crippen LogP contribution < -0.4 is 10.6 Å². The average Bonchev–Trinajstić information content (AvgIpc) is 2.45. The molecule has 0 saturated heterocycles. The number of amides is 2. The van der Waals surface area contributed by atoms with Gasteiger partial charge in [0.15, 0.2) is 0 Å². The molecular weight excluding hydrogens is 254 g/mol. The molecule has 1 aromatic carbocycles. The smallest absolute Gasteiger partial charge is 0.251 e. The summed E-state index contributed by atoms with van der Waals surface area (Å²) in [4.78, 5) is 25.4. The molecule has 2 amide bonds. The summed E-state index contributed by atoms with van der Waals surface area (Å²) in [5.74, 6) is -0.382. The van der Waals surface area contributed by atoms with Crippen molar-refractivity contribution in [1.29, 1.82) is 0 Å². The van der Waals surface area contributed by atoms with E-state index < -0.39 is 0 Å². The maximum absolute atomic E-state index is 11.7. The van der Waals surface area contributed by atoms with Gasteiger partial charge >= 0.3 is 0 Å². The van der Waals surface area contributed by atoms with E-state index in [0.717, 1.165) is 19.4 Å². The number of carbonyl (C=O) groups is 2. The van der Waals surface area contributed by atoms with Gasteiger partial charge in [0.05, 0.1) is 6.54 Å². The standard InChI is InChI=1S/C15H23N3O2/c1-18(2)11-7-6-10-16-14(19)12-17-15(20)13-8-4-3-5-9-13/h3-5,8-9H,6-7,10-12H2,1-2H3,(H,16,19)(H,17,20). The van der Waals surface area contributed by atoms with Crippen molar-refractivity contribution in [2.75, 3.05) is 33.7 Å². The van der Waals surface area contributed by atoms with Crippen molar-refractivity contribution in [3.05, 3.63) is 35.9 Å². The summed E-state index contributed by atoms with van der Waals surface area (Å²) in [6.07, 6.45) is 1.99. The van der Waals surface area contributed by atoms with Crippen molar-refractivity contribution in [2.24, 2.45) is 0 Å². The molecule has 1 rings (SSSR count). The van der Waals surface area contributed by atoms with Gasteiger partial charge in [-0.25, -0.2) is 0 Å². The first-order chi connectivity index (χ1) is 9.59. The number of hydrogen-bond acceptors (Lipinski definition) is 3. The SMILES string of the molecule is CN(C)CCCCNC(=O)CNC(=O)c1ccccc1. The lowest BCUT2D eigenvalue weighted by Crippen LogP contribution is -2.37. The number of rotatable bonds is 8. The third-order valence-electron chi connectivity index (χ3n) is 2.80. The number of hydrogen-bond donors (Lipinski definition) is 2. The Morgan fingerprint density at radius 3 is 2.40 bits per heavy atom. The highest BCUT2D eigenvalue weighted by Gasteiger charge is 2.06. The minimum Gasteiger partial charge on any atom is -0.355 e. The number of unbranched alkanes of at least 4 members (excludes halogenated alkanes) is 1. The molecule has 0 aliphatic carbocycles. The number of nitrogens with one attached hydrogen (secondary N) is 2. The third-order valence-corrected chi connectivity index (χ3v) is 2.80. The minimum atomic E-state index is -0.228. The molecule has 0 saturated carbocycles. The molecule has 110 valence electrons. The van der Waals surface area contributed by atoms with Crippen LogP contribution in [0.15, 0.2) is 30.3 Å². The van der Waals surface area contributed by atoms with Crippen molar-refractivity contribution in [3.63, 3.8) is 0 Å². The van der Waals surface area contributed by atoms with Crippen molar-refractivity contribution in [1.82, 2.24) is 15.5 Å². The van der Waals surface area contributed by atoms with E-state index in [2.05, 4.69) is 15.5 Å². The van der Waals surface area contributed by atoms with Crippen LogP contribution >= 0.6 is 0 Å². The Morgan fingerprint density at radius 2 is 1.75 bits per heavy atom. The summed E-state index contributed by atoms with van der Waals surface area (Å²) < 4.78 is 0. The Balaban J connectivity index is 2.12. The zero-order valence-corrected chi connectivity index (χ0v) is 12.2. The molecule has 0 heterocycles. The molecule has 0 spiro atoms.